The predicted molar refractivity (Wildman–Crippen MR) is 114 cm³/mol. The minimum absolute atomic E-state index is 0.134. The first-order valence-corrected chi connectivity index (χ1v) is 13.5. The highest BCUT2D eigenvalue weighted by molar-refractivity contribution is 6.83. The van der Waals surface area contributed by atoms with Crippen LogP contribution in [-0.4, -0.2) is 60.8 Å². The lowest BCUT2D eigenvalue weighted by atomic mass is 9.73. The molecular formula is C21H32N4O2Si. The Balaban J connectivity index is 1.58. The Morgan fingerprint density at radius 3 is 2.39 bits per heavy atom. The van der Waals surface area contributed by atoms with E-state index < -0.39 is 13.7 Å². The average molecular weight is 401 g/mol. The van der Waals surface area contributed by atoms with Crippen molar-refractivity contribution >= 4 is 20.1 Å². The molecule has 152 valence electrons. The van der Waals surface area contributed by atoms with Crippen LogP contribution in [0.5, 0.6) is 0 Å². The molecule has 2 saturated heterocycles. The molecule has 3 rings (SSSR count). The monoisotopic (exact) mass is 400 g/mol. The van der Waals surface area contributed by atoms with Crippen molar-refractivity contribution in [2.75, 3.05) is 31.1 Å². The van der Waals surface area contributed by atoms with Crippen molar-refractivity contribution in [2.24, 2.45) is 5.41 Å². The van der Waals surface area contributed by atoms with Gasteiger partial charge in [-0.25, -0.2) is 14.8 Å². The average Bonchev–Trinajstić information content (AvgIpc) is 2.56. The maximum Gasteiger partial charge on any atom is 0.410 e. The van der Waals surface area contributed by atoms with Gasteiger partial charge in [-0.1, -0.05) is 25.6 Å². The van der Waals surface area contributed by atoms with Crippen LogP contribution in [0.15, 0.2) is 12.4 Å². The summed E-state index contributed by atoms with van der Waals surface area (Å²) < 4.78 is 5.55. The topological polar surface area (TPSA) is 58.6 Å². The molecule has 2 fully saturated rings. The van der Waals surface area contributed by atoms with Gasteiger partial charge in [0.1, 0.15) is 13.7 Å². The number of hydrogen-bond donors (Lipinski definition) is 0. The number of nitrogens with zero attached hydrogens (tertiary/aromatic N) is 4. The van der Waals surface area contributed by atoms with Crippen molar-refractivity contribution in [2.45, 2.75) is 58.9 Å². The van der Waals surface area contributed by atoms with E-state index in [1.807, 2.05) is 38.1 Å². The Kier molecular flexibility index (Phi) is 5.46. The summed E-state index contributed by atoms with van der Waals surface area (Å²) in [6.45, 7) is 15.7. The number of rotatable bonds is 1. The molecule has 0 aromatic carbocycles. The summed E-state index contributed by atoms with van der Waals surface area (Å²) >= 11 is 0. The van der Waals surface area contributed by atoms with Crippen molar-refractivity contribution < 1.29 is 9.53 Å². The van der Waals surface area contributed by atoms with Crippen molar-refractivity contribution in [1.29, 1.82) is 0 Å². The molecule has 7 heteroatoms. The SMILES string of the molecule is CC(C)(C)OC(=O)N1CCCC2(C1)CN(c1ncc(C#C[Si](C)(C)C)cn1)C2. The number of carbonyl (C=O) groups excluding carboxylic acids is 1. The molecular weight excluding hydrogens is 368 g/mol. The van der Waals surface area contributed by atoms with E-state index in [1.165, 1.54) is 0 Å². The van der Waals surface area contributed by atoms with E-state index in [1.54, 1.807) is 0 Å². The molecule has 1 spiro atoms. The smallest absolute Gasteiger partial charge is 0.410 e. The van der Waals surface area contributed by atoms with Gasteiger partial charge in [0, 0.05) is 44.0 Å². The molecule has 6 nitrogen and oxygen atoms in total. The summed E-state index contributed by atoms with van der Waals surface area (Å²) in [6.07, 6.45) is 5.57. The van der Waals surface area contributed by atoms with E-state index >= 15 is 0 Å². The van der Waals surface area contributed by atoms with E-state index in [0.29, 0.717) is 0 Å². The van der Waals surface area contributed by atoms with Gasteiger partial charge in [0.25, 0.3) is 0 Å². The highest BCUT2D eigenvalue weighted by Gasteiger charge is 2.48. The Bertz CT molecular complexity index is 778. The van der Waals surface area contributed by atoms with Crippen molar-refractivity contribution in [1.82, 2.24) is 14.9 Å². The lowest BCUT2D eigenvalue weighted by Crippen LogP contribution is -2.64. The van der Waals surface area contributed by atoms with Crippen LogP contribution in [0.3, 0.4) is 0 Å². The first kappa shape index (κ1) is 20.7. The van der Waals surface area contributed by atoms with E-state index in [4.69, 9.17) is 4.74 Å². The number of ether oxygens (including phenoxy) is 1. The molecule has 0 aliphatic carbocycles. The van der Waals surface area contributed by atoms with Gasteiger partial charge in [0.15, 0.2) is 0 Å². The van der Waals surface area contributed by atoms with Crippen LogP contribution in [0.2, 0.25) is 19.6 Å². The molecule has 3 heterocycles. The predicted octanol–water partition coefficient (Wildman–Crippen LogP) is 3.54. The molecule has 0 atom stereocenters. The van der Waals surface area contributed by atoms with E-state index in [9.17, 15) is 4.79 Å². The first-order valence-electron chi connectivity index (χ1n) is 10.0. The zero-order valence-electron chi connectivity index (χ0n) is 18.0. The van der Waals surface area contributed by atoms with Gasteiger partial charge in [0.05, 0.1) is 5.56 Å². The van der Waals surface area contributed by atoms with Crippen LogP contribution < -0.4 is 4.90 Å². The summed E-state index contributed by atoms with van der Waals surface area (Å²) in [6, 6.07) is 0. The molecule has 28 heavy (non-hydrogen) atoms. The molecule has 1 aromatic heterocycles. The van der Waals surface area contributed by atoms with Gasteiger partial charge in [0.2, 0.25) is 5.95 Å². The minimum Gasteiger partial charge on any atom is -0.444 e. The third kappa shape index (κ3) is 5.25. The van der Waals surface area contributed by atoms with Gasteiger partial charge in [-0.15, -0.1) is 5.54 Å². The summed E-state index contributed by atoms with van der Waals surface area (Å²) in [5.41, 5.74) is 3.89. The summed E-state index contributed by atoms with van der Waals surface area (Å²) in [4.78, 5) is 25.5. The van der Waals surface area contributed by atoms with Crippen LogP contribution in [-0.2, 0) is 4.74 Å². The Morgan fingerprint density at radius 1 is 1.18 bits per heavy atom. The molecule has 2 aliphatic heterocycles. The number of piperidine rings is 1. The van der Waals surface area contributed by atoms with Crippen LogP contribution in [0.25, 0.3) is 0 Å². The van der Waals surface area contributed by atoms with E-state index in [2.05, 4.69) is 46.0 Å². The highest BCUT2D eigenvalue weighted by atomic mass is 28.3. The van der Waals surface area contributed by atoms with Crippen molar-refractivity contribution in [3.8, 4) is 11.5 Å². The fraction of sp³-hybridized carbons (Fsp3) is 0.667. The second-order valence-electron chi connectivity index (χ2n) is 10.1. The third-order valence-corrected chi connectivity index (χ3v) is 5.74. The fourth-order valence-corrected chi connectivity index (χ4v) is 4.18. The number of anilines is 1. The zero-order chi connectivity index (χ0) is 20.6. The molecule has 0 bridgehead atoms. The molecule has 1 amide bonds. The second-order valence-corrected chi connectivity index (χ2v) is 14.9. The normalized spacial score (nSPS) is 18.9. The Hall–Kier alpha value is -2.07. The summed E-state index contributed by atoms with van der Waals surface area (Å²) in [5, 5.41) is 0. The number of aromatic nitrogens is 2. The van der Waals surface area contributed by atoms with Gasteiger partial charge < -0.3 is 14.5 Å². The van der Waals surface area contributed by atoms with E-state index in [0.717, 1.165) is 50.5 Å². The standard InChI is InChI=1S/C21H32N4O2Si/c1-20(2,3)27-19(26)24-10-7-9-21(14-24)15-25(16-21)18-22-12-17(13-23-18)8-11-28(4,5)6/h12-13H,7,9-10,14-16H2,1-6H3. The largest absolute Gasteiger partial charge is 0.444 e. The molecule has 2 aliphatic rings. The number of carbonyl (C=O) groups is 1. The summed E-state index contributed by atoms with van der Waals surface area (Å²) in [7, 11) is -1.40. The van der Waals surface area contributed by atoms with Crippen LogP contribution in [0.1, 0.15) is 39.2 Å². The molecule has 1 aromatic rings. The maximum absolute atomic E-state index is 12.4. The zero-order valence-corrected chi connectivity index (χ0v) is 19.0. The lowest BCUT2D eigenvalue weighted by molar-refractivity contribution is -0.00165. The fourth-order valence-electron chi connectivity index (χ4n) is 3.66. The molecule has 0 unspecified atom stereocenters. The molecule has 0 radical (unpaired) electrons. The maximum atomic E-state index is 12.4. The first-order chi connectivity index (χ1) is 12.9. The third-order valence-electron chi connectivity index (χ3n) is 4.87. The van der Waals surface area contributed by atoms with Crippen LogP contribution in [0, 0.1) is 16.9 Å². The van der Waals surface area contributed by atoms with Crippen LogP contribution >= 0.6 is 0 Å². The second kappa shape index (κ2) is 7.40. The van der Waals surface area contributed by atoms with E-state index in [-0.39, 0.29) is 11.5 Å². The van der Waals surface area contributed by atoms with Crippen molar-refractivity contribution in [3.05, 3.63) is 18.0 Å². The number of amides is 1. The quantitative estimate of drug-likeness (QED) is 0.533. The van der Waals surface area contributed by atoms with Crippen LogP contribution in [0.4, 0.5) is 10.7 Å². The lowest BCUT2D eigenvalue weighted by Gasteiger charge is -2.54. The minimum atomic E-state index is -1.40. The molecule has 0 saturated carbocycles. The Labute approximate surface area is 169 Å². The van der Waals surface area contributed by atoms with Gasteiger partial charge in [-0.05, 0) is 33.6 Å². The van der Waals surface area contributed by atoms with Gasteiger partial charge in [-0.3, -0.25) is 0 Å². The Morgan fingerprint density at radius 2 is 1.82 bits per heavy atom. The molecule has 0 N–H and O–H groups in total. The highest BCUT2D eigenvalue weighted by Crippen LogP contribution is 2.40. The van der Waals surface area contributed by atoms with Gasteiger partial charge in [-0.2, -0.15) is 0 Å². The summed E-state index contributed by atoms with van der Waals surface area (Å²) in [5.74, 6) is 3.94. The van der Waals surface area contributed by atoms with Gasteiger partial charge >= 0.3 is 6.09 Å². The number of hydrogen-bond acceptors (Lipinski definition) is 5. The van der Waals surface area contributed by atoms with Crippen molar-refractivity contribution in [3.63, 3.8) is 0 Å². The number of likely N-dealkylation sites (tertiary alicyclic amines) is 1.